The van der Waals surface area contributed by atoms with Gasteiger partial charge in [-0.25, -0.2) is 0 Å². The zero-order valence-electron chi connectivity index (χ0n) is 24.2. The Morgan fingerprint density at radius 3 is 1.12 bits per heavy atom. The van der Waals surface area contributed by atoms with E-state index < -0.39 is 0 Å². The van der Waals surface area contributed by atoms with Crippen LogP contribution >= 0.6 is 0 Å². The highest BCUT2D eigenvalue weighted by atomic mass is 16.5. The second-order valence-corrected chi connectivity index (χ2v) is 10.0. The van der Waals surface area contributed by atoms with E-state index in [0.29, 0.717) is 57.7 Å². The lowest BCUT2D eigenvalue weighted by atomic mass is 9.94. The minimum atomic E-state index is -0.0525. The fourth-order valence-electron chi connectivity index (χ4n) is 5.16. The van der Waals surface area contributed by atoms with Crippen LogP contribution < -0.4 is 18.9 Å². The van der Waals surface area contributed by atoms with Gasteiger partial charge in [-0.15, -0.1) is 0 Å². The van der Waals surface area contributed by atoms with Crippen LogP contribution in [0.15, 0.2) is 48.5 Å². The average molecular weight is 561 g/mol. The molecule has 0 saturated carbocycles. The standard InChI is InChI=1S/C33H36O8/c1-18-11-24(28(34)26(13-18)38-3)16-22-9-7-20(30(36)32(22)40-5)15-21-8-10-23(33(41-6)31(21)37)17-25-12-19(2)14-27(39-4)29(25)35/h7-14,34-37H,15-17H2,1-6H3. The Morgan fingerprint density at radius 2 is 0.780 bits per heavy atom. The van der Waals surface area contributed by atoms with E-state index in [-0.39, 0.29) is 40.9 Å². The molecule has 0 saturated heterocycles. The number of aromatic hydroxyl groups is 4. The number of hydrogen-bond acceptors (Lipinski definition) is 8. The number of rotatable bonds is 10. The average Bonchev–Trinajstić information content (AvgIpc) is 2.95. The van der Waals surface area contributed by atoms with E-state index in [1.54, 1.807) is 24.3 Å². The summed E-state index contributed by atoms with van der Waals surface area (Å²) in [6.45, 7) is 3.82. The summed E-state index contributed by atoms with van der Waals surface area (Å²) in [4.78, 5) is 0. The van der Waals surface area contributed by atoms with E-state index in [0.717, 1.165) is 11.1 Å². The maximum absolute atomic E-state index is 11.1. The van der Waals surface area contributed by atoms with Gasteiger partial charge < -0.3 is 39.4 Å². The molecule has 0 aliphatic heterocycles. The van der Waals surface area contributed by atoms with Crippen molar-refractivity contribution in [3.05, 3.63) is 93.0 Å². The Balaban J connectivity index is 1.65. The van der Waals surface area contributed by atoms with E-state index in [9.17, 15) is 20.4 Å². The molecule has 0 radical (unpaired) electrons. The highest BCUT2D eigenvalue weighted by Gasteiger charge is 2.21. The summed E-state index contributed by atoms with van der Waals surface area (Å²) in [7, 11) is 5.95. The quantitative estimate of drug-likeness (QED) is 0.188. The molecule has 0 aliphatic carbocycles. The summed E-state index contributed by atoms with van der Waals surface area (Å²) in [6, 6.07) is 14.4. The molecule has 8 nitrogen and oxygen atoms in total. The molecule has 0 aliphatic rings. The normalized spacial score (nSPS) is 10.9. The number of ether oxygens (including phenoxy) is 4. The van der Waals surface area contributed by atoms with Crippen molar-refractivity contribution in [2.45, 2.75) is 33.1 Å². The van der Waals surface area contributed by atoms with Gasteiger partial charge in [0.2, 0.25) is 0 Å². The highest BCUT2D eigenvalue weighted by Crippen LogP contribution is 2.42. The lowest BCUT2D eigenvalue weighted by Crippen LogP contribution is -2.01. The molecule has 0 amide bonds. The smallest absolute Gasteiger partial charge is 0.164 e. The van der Waals surface area contributed by atoms with Gasteiger partial charge in [0.15, 0.2) is 46.0 Å². The van der Waals surface area contributed by atoms with Gasteiger partial charge in [0.05, 0.1) is 28.4 Å². The van der Waals surface area contributed by atoms with Gasteiger partial charge in [-0.1, -0.05) is 36.4 Å². The molecule has 4 rings (SSSR count). The molecule has 0 atom stereocenters. The molecule has 41 heavy (non-hydrogen) atoms. The molecule has 0 bridgehead atoms. The zero-order chi connectivity index (χ0) is 29.8. The predicted molar refractivity (Wildman–Crippen MR) is 157 cm³/mol. The summed E-state index contributed by atoms with van der Waals surface area (Å²) in [5.74, 6) is 1.31. The Kier molecular flexibility index (Phi) is 8.71. The first-order chi connectivity index (χ1) is 19.6. The van der Waals surface area contributed by atoms with Crippen LogP contribution in [0.5, 0.6) is 46.0 Å². The molecular weight excluding hydrogens is 524 g/mol. The van der Waals surface area contributed by atoms with Crippen LogP contribution in [-0.2, 0) is 19.3 Å². The third-order valence-electron chi connectivity index (χ3n) is 7.18. The summed E-state index contributed by atoms with van der Waals surface area (Å²) in [6.07, 6.45) is 0.828. The zero-order valence-corrected chi connectivity index (χ0v) is 24.2. The summed E-state index contributed by atoms with van der Waals surface area (Å²) >= 11 is 0. The lowest BCUT2D eigenvalue weighted by molar-refractivity contribution is 0.362. The van der Waals surface area contributed by atoms with Crippen molar-refractivity contribution in [3.8, 4) is 46.0 Å². The first-order valence-electron chi connectivity index (χ1n) is 13.1. The Bertz CT molecular complexity index is 1460. The lowest BCUT2D eigenvalue weighted by Gasteiger charge is -2.18. The Morgan fingerprint density at radius 1 is 0.439 bits per heavy atom. The molecule has 0 aromatic heterocycles. The van der Waals surface area contributed by atoms with Crippen molar-refractivity contribution in [2.75, 3.05) is 28.4 Å². The van der Waals surface area contributed by atoms with Gasteiger partial charge in [0, 0.05) is 52.6 Å². The number of benzene rings is 4. The molecular formula is C33H36O8. The van der Waals surface area contributed by atoms with Gasteiger partial charge in [-0.3, -0.25) is 0 Å². The van der Waals surface area contributed by atoms with E-state index in [4.69, 9.17) is 18.9 Å². The van der Waals surface area contributed by atoms with Crippen LogP contribution in [0, 0.1) is 13.8 Å². The summed E-state index contributed by atoms with van der Waals surface area (Å²) in [5.41, 5.74) is 5.60. The molecule has 0 fully saturated rings. The van der Waals surface area contributed by atoms with Crippen LogP contribution in [0.3, 0.4) is 0 Å². The van der Waals surface area contributed by atoms with Crippen molar-refractivity contribution in [3.63, 3.8) is 0 Å². The maximum Gasteiger partial charge on any atom is 0.164 e. The van der Waals surface area contributed by atoms with Crippen molar-refractivity contribution < 1.29 is 39.4 Å². The number of methoxy groups -OCH3 is 4. The van der Waals surface area contributed by atoms with Gasteiger partial charge in [0.1, 0.15) is 0 Å². The second-order valence-electron chi connectivity index (χ2n) is 10.0. The van der Waals surface area contributed by atoms with Crippen molar-refractivity contribution in [1.82, 2.24) is 0 Å². The van der Waals surface area contributed by atoms with Crippen LogP contribution in [0.1, 0.15) is 44.5 Å². The molecule has 216 valence electrons. The number of phenols is 4. The predicted octanol–water partition coefficient (Wildman–Crippen LogP) is 5.93. The van der Waals surface area contributed by atoms with Gasteiger partial charge in [-0.05, 0) is 37.1 Å². The summed E-state index contributed by atoms with van der Waals surface area (Å²) in [5, 5.41) is 43.5. The van der Waals surface area contributed by atoms with Gasteiger partial charge >= 0.3 is 0 Å². The third-order valence-corrected chi connectivity index (χ3v) is 7.18. The topological polar surface area (TPSA) is 118 Å². The molecule has 0 unspecified atom stereocenters. The van der Waals surface area contributed by atoms with Crippen LogP contribution in [-0.4, -0.2) is 48.9 Å². The first-order valence-corrected chi connectivity index (χ1v) is 13.1. The SMILES string of the molecule is COc1cc(C)cc(Cc2ccc(Cc3ccc(Cc4cc(C)cc(OC)c4O)c(OC)c3O)c(O)c2OC)c1O. The minimum absolute atomic E-state index is 0.0400. The van der Waals surface area contributed by atoms with Gasteiger partial charge in [0.25, 0.3) is 0 Å². The molecule has 0 heterocycles. The monoisotopic (exact) mass is 560 g/mol. The maximum atomic E-state index is 11.1. The van der Waals surface area contributed by atoms with Crippen LogP contribution in [0.25, 0.3) is 0 Å². The second kappa shape index (κ2) is 12.2. The van der Waals surface area contributed by atoms with Crippen LogP contribution in [0.4, 0.5) is 0 Å². The largest absolute Gasteiger partial charge is 0.504 e. The van der Waals surface area contributed by atoms with E-state index in [1.807, 2.05) is 38.1 Å². The molecule has 4 aromatic carbocycles. The number of hydrogen-bond donors (Lipinski definition) is 4. The van der Waals surface area contributed by atoms with E-state index in [2.05, 4.69) is 0 Å². The number of aryl methyl sites for hydroxylation is 2. The fourth-order valence-corrected chi connectivity index (χ4v) is 5.16. The highest BCUT2D eigenvalue weighted by molar-refractivity contribution is 5.60. The van der Waals surface area contributed by atoms with E-state index in [1.165, 1.54) is 28.4 Å². The molecule has 4 aromatic rings. The fraction of sp³-hybridized carbons (Fsp3) is 0.273. The minimum Gasteiger partial charge on any atom is -0.504 e. The first kappa shape index (κ1) is 29.3. The Labute approximate surface area is 240 Å². The molecule has 0 spiro atoms. The molecule has 8 heteroatoms. The van der Waals surface area contributed by atoms with Crippen molar-refractivity contribution in [1.29, 1.82) is 0 Å². The molecule has 4 N–H and O–H groups in total. The Hall–Kier alpha value is -4.72. The third kappa shape index (κ3) is 5.91. The van der Waals surface area contributed by atoms with Crippen LogP contribution in [0.2, 0.25) is 0 Å². The van der Waals surface area contributed by atoms with Gasteiger partial charge in [-0.2, -0.15) is 0 Å². The van der Waals surface area contributed by atoms with Crippen molar-refractivity contribution in [2.24, 2.45) is 0 Å². The number of phenolic OH excluding ortho intramolecular Hbond substituents is 4. The van der Waals surface area contributed by atoms with Crippen molar-refractivity contribution >= 4 is 0 Å². The van der Waals surface area contributed by atoms with E-state index >= 15 is 0 Å². The summed E-state index contributed by atoms with van der Waals surface area (Å²) < 4.78 is 21.7.